The van der Waals surface area contributed by atoms with Gasteiger partial charge in [-0.2, -0.15) is 0 Å². The number of hydrogen-bond acceptors (Lipinski definition) is 2. The minimum atomic E-state index is -1.31. The number of amides is 1. The first-order chi connectivity index (χ1) is 12.4. The number of nitrogens with one attached hydrogen (secondary N) is 1. The predicted octanol–water partition coefficient (Wildman–Crippen LogP) is 4.44. The molecule has 5 heteroatoms. The van der Waals surface area contributed by atoms with Crippen molar-refractivity contribution in [3.8, 4) is 0 Å². The summed E-state index contributed by atoms with van der Waals surface area (Å²) in [6, 6.07) is 13.9. The number of halogens is 2. The second-order valence-corrected chi connectivity index (χ2v) is 8.33. The molecule has 0 radical (unpaired) electrons. The summed E-state index contributed by atoms with van der Waals surface area (Å²) in [5, 5.41) is 15.4. The predicted molar refractivity (Wildman–Crippen MR) is 104 cm³/mol. The van der Waals surface area contributed by atoms with Gasteiger partial charge < -0.3 is 10.4 Å². The molecular weight excluding hydrogens is 369 g/mol. The molecule has 26 heavy (non-hydrogen) atoms. The lowest BCUT2D eigenvalue weighted by Gasteiger charge is -2.44. The fraction of sp³-hybridized carbons (Fsp3) is 0.381. The highest BCUT2D eigenvalue weighted by Gasteiger charge is 2.57. The molecule has 4 rings (SSSR count). The summed E-state index contributed by atoms with van der Waals surface area (Å²) in [7, 11) is 0. The van der Waals surface area contributed by atoms with E-state index in [0.29, 0.717) is 24.4 Å². The second-order valence-electron chi connectivity index (χ2n) is 7.49. The van der Waals surface area contributed by atoms with Gasteiger partial charge in [-0.05, 0) is 66.5 Å². The van der Waals surface area contributed by atoms with Gasteiger partial charge in [0.05, 0.1) is 0 Å². The van der Waals surface area contributed by atoms with Gasteiger partial charge in [-0.3, -0.25) is 4.79 Å². The monoisotopic (exact) mass is 389 g/mol. The minimum absolute atomic E-state index is 0.00910. The lowest BCUT2D eigenvalue weighted by atomic mass is 9.61. The normalized spacial score (nSPS) is 30.8. The Morgan fingerprint density at radius 2 is 1.88 bits per heavy atom. The summed E-state index contributed by atoms with van der Waals surface area (Å²) in [5.41, 5.74) is 1.97. The van der Waals surface area contributed by atoms with Crippen molar-refractivity contribution in [3.05, 3.63) is 69.2 Å². The third-order valence-electron chi connectivity index (χ3n) is 6.00. The van der Waals surface area contributed by atoms with Crippen molar-refractivity contribution in [1.82, 2.24) is 5.32 Å². The molecule has 1 saturated heterocycles. The number of fused-ring (bicyclic) bond motifs is 1. The van der Waals surface area contributed by atoms with Crippen LogP contribution >= 0.6 is 23.2 Å². The highest BCUT2D eigenvalue weighted by Crippen LogP contribution is 2.54. The zero-order chi connectivity index (χ0) is 18.5. The topological polar surface area (TPSA) is 49.3 Å². The average Bonchev–Trinajstić information content (AvgIpc) is 2.91. The third-order valence-corrected chi connectivity index (χ3v) is 6.58. The highest BCUT2D eigenvalue weighted by atomic mass is 35.5. The van der Waals surface area contributed by atoms with Crippen molar-refractivity contribution in [1.29, 1.82) is 0 Å². The van der Waals surface area contributed by atoms with Gasteiger partial charge in [0.1, 0.15) is 5.60 Å². The van der Waals surface area contributed by atoms with Gasteiger partial charge in [-0.25, -0.2) is 0 Å². The zero-order valence-electron chi connectivity index (χ0n) is 14.5. The number of aryl methyl sites for hydroxylation is 1. The van der Waals surface area contributed by atoms with Gasteiger partial charge in [0.2, 0.25) is 0 Å². The molecule has 0 bridgehead atoms. The van der Waals surface area contributed by atoms with E-state index in [9.17, 15) is 9.90 Å². The first kappa shape index (κ1) is 17.8. The van der Waals surface area contributed by atoms with Crippen LogP contribution in [0, 0.1) is 12.8 Å². The molecule has 4 unspecified atom stereocenters. The summed E-state index contributed by atoms with van der Waals surface area (Å²) in [6.07, 6.45) is 1.15. The fourth-order valence-corrected chi connectivity index (χ4v) is 5.18. The largest absolute Gasteiger partial charge is 0.380 e. The van der Waals surface area contributed by atoms with Gasteiger partial charge in [0.25, 0.3) is 5.91 Å². The number of carbonyl (C=O) groups excluding carboxylic acids is 1. The molecule has 3 nitrogen and oxygen atoms in total. The average molecular weight is 390 g/mol. The van der Waals surface area contributed by atoms with E-state index in [1.54, 1.807) is 0 Å². The van der Waals surface area contributed by atoms with Gasteiger partial charge in [-0.15, -0.1) is 0 Å². The molecule has 2 N–H and O–H groups in total. The standard InChI is InChI=1S/C21H21Cl2NO2/c1-12-2-7-15(18(23)10-12)16-8-9-21(26)17(11-24-20(21)25)19(16)13-3-5-14(22)6-4-13/h2-7,10,16-17,19,26H,8-9,11H2,1H3,(H,24,25). The van der Waals surface area contributed by atoms with Crippen molar-refractivity contribution in [2.24, 2.45) is 5.92 Å². The molecule has 1 aliphatic heterocycles. The number of rotatable bonds is 2. The van der Waals surface area contributed by atoms with E-state index in [-0.39, 0.29) is 23.7 Å². The molecule has 1 heterocycles. The maximum atomic E-state index is 12.3. The van der Waals surface area contributed by atoms with Gasteiger partial charge in [0.15, 0.2) is 0 Å². The van der Waals surface area contributed by atoms with Crippen LogP contribution in [-0.4, -0.2) is 23.2 Å². The van der Waals surface area contributed by atoms with E-state index in [1.807, 2.05) is 37.3 Å². The van der Waals surface area contributed by atoms with Crippen LogP contribution in [0.25, 0.3) is 0 Å². The Labute approximate surface area is 163 Å². The van der Waals surface area contributed by atoms with Gasteiger partial charge in [-0.1, -0.05) is 47.5 Å². The summed E-state index contributed by atoms with van der Waals surface area (Å²) in [5.74, 6) is -0.311. The number of benzene rings is 2. The number of hydrogen-bond donors (Lipinski definition) is 2. The van der Waals surface area contributed by atoms with Crippen LogP contribution in [0.5, 0.6) is 0 Å². The SMILES string of the molecule is Cc1ccc(C2CCC3(O)C(=O)NCC3C2c2ccc(Cl)cc2)c(Cl)c1. The molecule has 0 aromatic heterocycles. The molecule has 136 valence electrons. The molecule has 2 aromatic rings. The van der Waals surface area contributed by atoms with Crippen LogP contribution in [0.3, 0.4) is 0 Å². The van der Waals surface area contributed by atoms with E-state index >= 15 is 0 Å². The maximum absolute atomic E-state index is 12.3. The van der Waals surface area contributed by atoms with Crippen LogP contribution in [0.15, 0.2) is 42.5 Å². The summed E-state index contributed by atoms with van der Waals surface area (Å²) in [6.45, 7) is 2.49. The Morgan fingerprint density at radius 3 is 2.58 bits per heavy atom. The summed E-state index contributed by atoms with van der Waals surface area (Å²) < 4.78 is 0. The smallest absolute Gasteiger partial charge is 0.252 e. The molecule has 4 atom stereocenters. The molecule has 2 aliphatic rings. The van der Waals surface area contributed by atoms with Crippen LogP contribution in [0.2, 0.25) is 10.0 Å². The summed E-state index contributed by atoms with van der Waals surface area (Å²) >= 11 is 12.7. The first-order valence-corrected chi connectivity index (χ1v) is 9.68. The molecule has 0 spiro atoms. The maximum Gasteiger partial charge on any atom is 0.252 e. The quantitative estimate of drug-likeness (QED) is 0.797. The lowest BCUT2D eigenvalue weighted by Crippen LogP contribution is -2.49. The van der Waals surface area contributed by atoms with Crippen molar-refractivity contribution in [3.63, 3.8) is 0 Å². The second kappa shape index (κ2) is 6.56. The van der Waals surface area contributed by atoms with Crippen molar-refractivity contribution in [2.75, 3.05) is 6.54 Å². The Hall–Kier alpha value is -1.55. The molecule has 1 saturated carbocycles. The van der Waals surface area contributed by atoms with E-state index in [4.69, 9.17) is 23.2 Å². The van der Waals surface area contributed by atoms with E-state index in [1.165, 1.54) is 0 Å². The zero-order valence-corrected chi connectivity index (χ0v) is 16.0. The van der Waals surface area contributed by atoms with E-state index in [2.05, 4.69) is 17.4 Å². The number of carbonyl (C=O) groups is 1. The molecular formula is C21H21Cl2NO2. The van der Waals surface area contributed by atoms with E-state index in [0.717, 1.165) is 21.7 Å². The lowest BCUT2D eigenvalue weighted by molar-refractivity contribution is -0.142. The molecule has 1 aliphatic carbocycles. The third kappa shape index (κ3) is 2.83. The Kier molecular flexibility index (Phi) is 4.50. The Balaban J connectivity index is 1.82. The van der Waals surface area contributed by atoms with Crippen molar-refractivity contribution >= 4 is 29.1 Å². The van der Waals surface area contributed by atoms with Gasteiger partial charge in [0, 0.05) is 22.5 Å². The molecule has 1 amide bonds. The minimum Gasteiger partial charge on any atom is -0.380 e. The van der Waals surface area contributed by atoms with Crippen LogP contribution in [0.4, 0.5) is 0 Å². The Morgan fingerprint density at radius 1 is 1.15 bits per heavy atom. The highest BCUT2D eigenvalue weighted by molar-refractivity contribution is 6.31. The van der Waals surface area contributed by atoms with Crippen LogP contribution < -0.4 is 5.32 Å². The van der Waals surface area contributed by atoms with Crippen LogP contribution in [-0.2, 0) is 4.79 Å². The van der Waals surface area contributed by atoms with Gasteiger partial charge >= 0.3 is 0 Å². The van der Waals surface area contributed by atoms with Crippen LogP contribution in [0.1, 0.15) is 41.4 Å². The first-order valence-electron chi connectivity index (χ1n) is 8.92. The number of aliphatic hydroxyl groups is 1. The van der Waals surface area contributed by atoms with Crippen molar-refractivity contribution < 1.29 is 9.90 Å². The summed E-state index contributed by atoms with van der Waals surface area (Å²) in [4.78, 5) is 12.3. The Bertz CT molecular complexity index is 852. The van der Waals surface area contributed by atoms with E-state index < -0.39 is 5.60 Å². The van der Waals surface area contributed by atoms with Crippen molar-refractivity contribution in [2.45, 2.75) is 37.2 Å². The fourth-order valence-electron chi connectivity index (χ4n) is 4.68. The molecule has 2 aromatic carbocycles. The molecule has 2 fully saturated rings.